The van der Waals surface area contributed by atoms with E-state index in [0.717, 1.165) is 5.56 Å². The lowest BCUT2D eigenvalue weighted by Gasteiger charge is -2.32. The maximum atomic E-state index is 13.5. The van der Waals surface area contributed by atoms with Crippen LogP contribution in [0.15, 0.2) is 60.7 Å². The molecule has 2 atom stereocenters. The van der Waals surface area contributed by atoms with Gasteiger partial charge in [0.25, 0.3) is 0 Å². The molecule has 0 bridgehead atoms. The molecule has 0 aromatic heterocycles. The van der Waals surface area contributed by atoms with Crippen molar-refractivity contribution >= 4 is 11.9 Å². The van der Waals surface area contributed by atoms with Crippen LogP contribution in [-0.2, 0) is 11.3 Å². The van der Waals surface area contributed by atoms with E-state index < -0.39 is 24.1 Å². The van der Waals surface area contributed by atoms with Crippen LogP contribution in [0.2, 0.25) is 0 Å². The van der Waals surface area contributed by atoms with Gasteiger partial charge in [-0.3, -0.25) is 4.79 Å². The highest BCUT2D eigenvalue weighted by Gasteiger charge is 2.41. The molecule has 3 aromatic carbocycles. The summed E-state index contributed by atoms with van der Waals surface area (Å²) >= 11 is 0. The van der Waals surface area contributed by atoms with Crippen molar-refractivity contribution in [2.45, 2.75) is 18.8 Å². The second-order valence-electron chi connectivity index (χ2n) is 7.91. The predicted molar refractivity (Wildman–Crippen MR) is 123 cm³/mol. The van der Waals surface area contributed by atoms with Crippen LogP contribution in [0.1, 0.15) is 27.6 Å². The third-order valence-corrected chi connectivity index (χ3v) is 5.77. The Morgan fingerprint density at radius 2 is 1.71 bits per heavy atom. The summed E-state index contributed by atoms with van der Waals surface area (Å²) in [5.74, 6) is 2.32. The van der Waals surface area contributed by atoms with Crippen LogP contribution >= 0.6 is 0 Å². The number of methoxy groups -OCH3 is 2. The van der Waals surface area contributed by atoms with Gasteiger partial charge in [-0.05, 0) is 48.0 Å². The van der Waals surface area contributed by atoms with Crippen LogP contribution in [0.4, 0.5) is 4.79 Å². The Morgan fingerprint density at radius 1 is 0.943 bits per heavy atom. The van der Waals surface area contributed by atoms with E-state index in [1.807, 2.05) is 6.07 Å². The van der Waals surface area contributed by atoms with E-state index in [1.165, 1.54) is 7.11 Å². The average Bonchev–Trinajstić information content (AvgIpc) is 3.37. The van der Waals surface area contributed by atoms with E-state index in [4.69, 9.17) is 28.4 Å². The second kappa shape index (κ2) is 9.46. The Morgan fingerprint density at radius 3 is 2.54 bits per heavy atom. The standard InChI is InChI=1S/C26H23NO8/c1-30-17-5-3-4-16(11-17)24-25(23(28)19-12-18(31-2)7-9-20(19)34-24)35-26(29)27-13-15-6-8-21-22(10-15)33-14-32-21/h3-12,24-25H,13-14H2,1-2H3,(H,27,29)/t24-,25+/m0/s1. The molecule has 0 saturated carbocycles. The maximum Gasteiger partial charge on any atom is 0.408 e. The Balaban J connectivity index is 1.38. The Labute approximate surface area is 201 Å². The summed E-state index contributed by atoms with van der Waals surface area (Å²) in [6.07, 6.45) is -2.85. The molecular weight excluding hydrogens is 454 g/mol. The molecule has 5 rings (SSSR count). The van der Waals surface area contributed by atoms with E-state index in [-0.39, 0.29) is 18.9 Å². The van der Waals surface area contributed by atoms with Gasteiger partial charge in [0, 0.05) is 12.1 Å². The summed E-state index contributed by atoms with van der Waals surface area (Å²) < 4.78 is 33.0. The number of hydrogen-bond donors (Lipinski definition) is 1. The minimum Gasteiger partial charge on any atom is -0.497 e. The van der Waals surface area contributed by atoms with Crippen molar-refractivity contribution in [3.05, 3.63) is 77.4 Å². The van der Waals surface area contributed by atoms with E-state index in [1.54, 1.807) is 61.7 Å². The van der Waals surface area contributed by atoms with Gasteiger partial charge in [-0.25, -0.2) is 4.79 Å². The lowest BCUT2D eigenvalue weighted by atomic mass is 9.93. The van der Waals surface area contributed by atoms with Crippen LogP contribution in [0.3, 0.4) is 0 Å². The number of nitrogens with one attached hydrogen (secondary N) is 1. The van der Waals surface area contributed by atoms with Crippen molar-refractivity contribution in [3.63, 3.8) is 0 Å². The van der Waals surface area contributed by atoms with Crippen LogP contribution in [-0.4, -0.2) is 39.0 Å². The molecule has 35 heavy (non-hydrogen) atoms. The van der Waals surface area contributed by atoms with Crippen molar-refractivity contribution in [1.29, 1.82) is 0 Å². The molecule has 2 heterocycles. The minimum absolute atomic E-state index is 0.163. The molecule has 0 radical (unpaired) electrons. The summed E-state index contributed by atoms with van der Waals surface area (Å²) in [5, 5.41) is 2.68. The van der Waals surface area contributed by atoms with Gasteiger partial charge in [-0.15, -0.1) is 0 Å². The quantitative estimate of drug-likeness (QED) is 0.568. The summed E-state index contributed by atoms with van der Waals surface area (Å²) in [6.45, 7) is 0.335. The molecule has 0 spiro atoms. The van der Waals surface area contributed by atoms with Crippen molar-refractivity contribution in [3.8, 4) is 28.7 Å². The highest BCUT2D eigenvalue weighted by molar-refractivity contribution is 6.04. The van der Waals surface area contributed by atoms with Gasteiger partial charge in [-0.1, -0.05) is 18.2 Å². The Bertz CT molecular complexity index is 1270. The summed E-state index contributed by atoms with van der Waals surface area (Å²) in [7, 11) is 3.05. The fraction of sp³-hybridized carbons (Fsp3) is 0.231. The van der Waals surface area contributed by atoms with Crippen molar-refractivity contribution < 1.29 is 38.0 Å². The predicted octanol–water partition coefficient (Wildman–Crippen LogP) is 4.04. The lowest BCUT2D eigenvalue weighted by molar-refractivity contribution is 0.00887. The number of fused-ring (bicyclic) bond motifs is 2. The number of ether oxygens (including phenoxy) is 6. The first-order valence-corrected chi connectivity index (χ1v) is 10.9. The second-order valence-corrected chi connectivity index (χ2v) is 7.91. The van der Waals surface area contributed by atoms with Crippen LogP contribution in [0.5, 0.6) is 28.7 Å². The fourth-order valence-electron chi connectivity index (χ4n) is 3.98. The summed E-state index contributed by atoms with van der Waals surface area (Å²) in [6, 6.07) is 17.4. The van der Waals surface area contributed by atoms with Gasteiger partial charge in [0.15, 0.2) is 17.6 Å². The number of Topliss-reactive ketones (excluding diaryl/α,β-unsaturated/α-hetero) is 1. The highest BCUT2D eigenvalue weighted by atomic mass is 16.7. The van der Waals surface area contributed by atoms with Crippen LogP contribution in [0.25, 0.3) is 0 Å². The summed E-state index contributed by atoms with van der Waals surface area (Å²) in [5.41, 5.74) is 1.70. The van der Waals surface area contributed by atoms with Crippen LogP contribution in [0, 0.1) is 0 Å². The van der Waals surface area contributed by atoms with Gasteiger partial charge in [0.05, 0.1) is 19.8 Å². The van der Waals surface area contributed by atoms with E-state index >= 15 is 0 Å². The molecule has 9 heteroatoms. The zero-order valence-electron chi connectivity index (χ0n) is 19.1. The van der Waals surface area contributed by atoms with E-state index in [0.29, 0.717) is 34.3 Å². The monoisotopic (exact) mass is 477 g/mol. The number of hydrogen-bond acceptors (Lipinski definition) is 8. The Kier molecular flexibility index (Phi) is 6.05. The third kappa shape index (κ3) is 4.52. The topological polar surface area (TPSA) is 102 Å². The van der Waals surface area contributed by atoms with Gasteiger partial charge >= 0.3 is 6.09 Å². The molecule has 2 aliphatic heterocycles. The zero-order valence-corrected chi connectivity index (χ0v) is 19.1. The first kappa shape index (κ1) is 22.4. The van der Waals surface area contributed by atoms with Gasteiger partial charge in [0.1, 0.15) is 17.2 Å². The molecule has 0 unspecified atom stereocenters. The highest BCUT2D eigenvalue weighted by Crippen LogP contribution is 2.39. The largest absolute Gasteiger partial charge is 0.497 e. The SMILES string of the molecule is COc1cccc([C@@H]2Oc3ccc(OC)cc3C(=O)[C@H]2OC(=O)NCc2ccc3c(c2)OCO3)c1. The molecule has 1 amide bonds. The molecule has 0 fully saturated rings. The smallest absolute Gasteiger partial charge is 0.408 e. The number of benzene rings is 3. The third-order valence-electron chi connectivity index (χ3n) is 5.77. The van der Waals surface area contributed by atoms with Gasteiger partial charge < -0.3 is 33.7 Å². The van der Waals surface area contributed by atoms with E-state index in [9.17, 15) is 9.59 Å². The number of amides is 1. The molecule has 2 aliphatic rings. The molecule has 0 aliphatic carbocycles. The molecule has 180 valence electrons. The molecule has 9 nitrogen and oxygen atoms in total. The number of rotatable bonds is 6. The molecule has 1 N–H and O–H groups in total. The van der Waals surface area contributed by atoms with Crippen molar-refractivity contribution in [1.82, 2.24) is 5.32 Å². The fourth-order valence-corrected chi connectivity index (χ4v) is 3.98. The summed E-state index contributed by atoms with van der Waals surface area (Å²) in [4.78, 5) is 26.2. The van der Waals surface area contributed by atoms with Crippen LogP contribution < -0.4 is 29.0 Å². The first-order valence-electron chi connectivity index (χ1n) is 10.9. The normalized spacial score (nSPS) is 17.7. The zero-order chi connectivity index (χ0) is 24.4. The lowest BCUT2D eigenvalue weighted by Crippen LogP contribution is -2.42. The number of carbonyl (C=O) groups is 2. The number of alkyl carbamates (subject to hydrolysis) is 1. The maximum absolute atomic E-state index is 13.5. The molecular formula is C26H23NO8. The molecule has 3 aromatic rings. The van der Waals surface area contributed by atoms with E-state index in [2.05, 4.69) is 5.32 Å². The Hall–Kier alpha value is -4.40. The number of carbonyl (C=O) groups excluding carboxylic acids is 2. The molecule has 0 saturated heterocycles. The first-order chi connectivity index (χ1) is 17.1. The average molecular weight is 477 g/mol. The van der Waals surface area contributed by atoms with Crippen molar-refractivity contribution in [2.24, 2.45) is 0 Å². The minimum atomic E-state index is -1.22. The van der Waals surface area contributed by atoms with Gasteiger partial charge in [0.2, 0.25) is 18.7 Å². The number of ketones is 1. The van der Waals surface area contributed by atoms with Gasteiger partial charge in [-0.2, -0.15) is 0 Å². The van der Waals surface area contributed by atoms with Crippen molar-refractivity contribution in [2.75, 3.05) is 21.0 Å².